The monoisotopic (exact) mass is 461 g/mol. The fraction of sp³-hybridized carbons (Fsp3) is 0.438. The number of nitrogens with zero attached hydrogens (tertiary/aromatic N) is 2. The maximum Gasteiger partial charge on any atom is 0.422 e. The summed E-state index contributed by atoms with van der Waals surface area (Å²) in [4.78, 5) is -0.205. The number of ether oxygens (including phenoxy) is 2. The molecule has 1 aromatic carbocycles. The topological polar surface area (TPSA) is 82.5 Å². The van der Waals surface area contributed by atoms with Crippen LogP contribution in [0.5, 0.6) is 11.5 Å². The highest BCUT2D eigenvalue weighted by Gasteiger charge is 2.30. The fourth-order valence-electron chi connectivity index (χ4n) is 2.35. The molecule has 0 bridgehead atoms. The molecule has 1 aromatic heterocycles. The number of nitrogens with one attached hydrogen (secondary N) is 1. The summed E-state index contributed by atoms with van der Waals surface area (Å²) >= 11 is 0. The molecule has 2 aromatic rings. The second-order valence-corrected chi connectivity index (χ2v) is 7.67. The van der Waals surface area contributed by atoms with Crippen LogP contribution >= 0.6 is 0 Å². The quantitative estimate of drug-likeness (QED) is 0.604. The molecule has 2 rings (SSSR count). The van der Waals surface area contributed by atoms with Crippen molar-refractivity contribution in [2.45, 2.75) is 37.6 Å². The Morgan fingerprint density at radius 2 is 1.50 bits per heavy atom. The van der Waals surface area contributed by atoms with Gasteiger partial charge in [0.1, 0.15) is 16.4 Å². The Bertz CT molecular complexity index is 950. The molecule has 0 spiro atoms. The highest BCUT2D eigenvalue weighted by Crippen LogP contribution is 2.30. The SMILES string of the molecule is CCn1ncc(S(=O)(=O)Nc2cc(OCC(F)(F)F)cc(OCC(F)(F)F)c2)c1C. The number of rotatable bonds is 8. The van der Waals surface area contributed by atoms with Gasteiger partial charge < -0.3 is 9.47 Å². The zero-order chi connectivity index (χ0) is 22.7. The van der Waals surface area contributed by atoms with Crippen LogP contribution in [0.1, 0.15) is 12.6 Å². The summed E-state index contributed by atoms with van der Waals surface area (Å²) in [5, 5.41) is 3.89. The van der Waals surface area contributed by atoms with Crippen LogP contribution in [0.4, 0.5) is 32.0 Å². The van der Waals surface area contributed by atoms with Crippen LogP contribution in [0.25, 0.3) is 0 Å². The van der Waals surface area contributed by atoms with Gasteiger partial charge in [-0.05, 0) is 13.8 Å². The first-order chi connectivity index (χ1) is 13.7. The van der Waals surface area contributed by atoms with E-state index in [1.807, 2.05) is 0 Å². The van der Waals surface area contributed by atoms with E-state index in [1.54, 1.807) is 6.92 Å². The van der Waals surface area contributed by atoms with Gasteiger partial charge in [0, 0.05) is 24.7 Å². The maximum atomic E-state index is 12.6. The van der Waals surface area contributed by atoms with Crippen molar-refractivity contribution in [1.82, 2.24) is 9.78 Å². The summed E-state index contributed by atoms with van der Waals surface area (Å²) in [5.41, 5.74) is -0.0569. The second-order valence-electron chi connectivity index (χ2n) is 6.02. The van der Waals surface area contributed by atoms with Crippen LogP contribution in [0, 0.1) is 6.92 Å². The van der Waals surface area contributed by atoms with Crippen LogP contribution < -0.4 is 14.2 Å². The van der Waals surface area contributed by atoms with Crippen molar-refractivity contribution in [2.75, 3.05) is 17.9 Å². The van der Waals surface area contributed by atoms with Crippen molar-refractivity contribution in [3.8, 4) is 11.5 Å². The Balaban J connectivity index is 2.35. The second kappa shape index (κ2) is 8.62. The van der Waals surface area contributed by atoms with Crippen molar-refractivity contribution in [3.05, 3.63) is 30.1 Å². The molecule has 0 radical (unpaired) electrons. The van der Waals surface area contributed by atoms with Gasteiger partial charge >= 0.3 is 12.4 Å². The van der Waals surface area contributed by atoms with E-state index in [2.05, 4.69) is 19.3 Å². The Kier molecular flexibility index (Phi) is 6.79. The van der Waals surface area contributed by atoms with E-state index in [1.165, 1.54) is 11.6 Å². The van der Waals surface area contributed by atoms with E-state index in [0.717, 1.165) is 24.4 Å². The van der Waals surface area contributed by atoms with Crippen molar-refractivity contribution in [3.63, 3.8) is 0 Å². The minimum Gasteiger partial charge on any atom is -0.484 e. The van der Waals surface area contributed by atoms with Crippen molar-refractivity contribution in [2.24, 2.45) is 0 Å². The molecule has 0 atom stereocenters. The predicted octanol–water partition coefficient (Wildman–Crippen LogP) is 3.89. The Hall–Kier alpha value is -2.64. The summed E-state index contributed by atoms with van der Waals surface area (Å²) in [7, 11) is -4.24. The summed E-state index contributed by atoms with van der Waals surface area (Å²) in [6, 6.07) is 2.57. The first kappa shape index (κ1) is 23.6. The molecule has 0 fully saturated rings. The third-order valence-electron chi connectivity index (χ3n) is 3.58. The zero-order valence-electron chi connectivity index (χ0n) is 15.6. The van der Waals surface area contributed by atoms with Crippen molar-refractivity contribution >= 4 is 15.7 Å². The van der Waals surface area contributed by atoms with Gasteiger partial charge in [0.05, 0.1) is 17.6 Å². The molecule has 0 amide bonds. The molecule has 14 heteroatoms. The molecule has 1 heterocycles. The lowest BCUT2D eigenvalue weighted by Crippen LogP contribution is -2.20. The van der Waals surface area contributed by atoms with E-state index >= 15 is 0 Å². The molecule has 0 saturated heterocycles. The molecule has 7 nitrogen and oxygen atoms in total. The van der Waals surface area contributed by atoms with Crippen LogP contribution in [0.15, 0.2) is 29.3 Å². The number of aryl methyl sites for hydroxylation is 1. The van der Waals surface area contributed by atoms with Crippen LogP contribution in [0.3, 0.4) is 0 Å². The van der Waals surface area contributed by atoms with Gasteiger partial charge in [-0.25, -0.2) is 8.42 Å². The lowest BCUT2D eigenvalue weighted by molar-refractivity contribution is -0.153. The Morgan fingerprint density at radius 3 is 1.90 bits per heavy atom. The third-order valence-corrected chi connectivity index (χ3v) is 5.07. The van der Waals surface area contributed by atoms with Crippen molar-refractivity contribution < 1.29 is 44.2 Å². The Labute approximate surface area is 167 Å². The smallest absolute Gasteiger partial charge is 0.422 e. The van der Waals surface area contributed by atoms with Crippen LogP contribution in [0.2, 0.25) is 0 Å². The largest absolute Gasteiger partial charge is 0.484 e. The zero-order valence-corrected chi connectivity index (χ0v) is 16.5. The van der Waals surface area contributed by atoms with Crippen LogP contribution in [-0.2, 0) is 16.6 Å². The molecule has 0 aliphatic carbocycles. The van der Waals surface area contributed by atoms with Gasteiger partial charge in [0.2, 0.25) is 0 Å². The van der Waals surface area contributed by atoms with E-state index in [4.69, 9.17) is 0 Å². The minimum atomic E-state index is -4.71. The predicted molar refractivity (Wildman–Crippen MR) is 93.0 cm³/mol. The summed E-state index contributed by atoms with van der Waals surface area (Å²) in [5.74, 6) is -1.07. The molecule has 0 aliphatic rings. The highest BCUT2D eigenvalue weighted by molar-refractivity contribution is 7.92. The van der Waals surface area contributed by atoms with E-state index in [9.17, 15) is 34.8 Å². The molecule has 30 heavy (non-hydrogen) atoms. The normalized spacial score (nSPS) is 12.7. The van der Waals surface area contributed by atoms with Crippen molar-refractivity contribution in [1.29, 1.82) is 0 Å². The van der Waals surface area contributed by atoms with E-state index in [0.29, 0.717) is 12.2 Å². The molecule has 0 saturated carbocycles. The molecule has 1 N–H and O–H groups in total. The van der Waals surface area contributed by atoms with E-state index in [-0.39, 0.29) is 10.6 Å². The molecular weight excluding hydrogens is 444 g/mol. The van der Waals surface area contributed by atoms with Gasteiger partial charge in [0.25, 0.3) is 10.0 Å². The summed E-state index contributed by atoms with van der Waals surface area (Å²) in [6.07, 6.45) is -8.35. The van der Waals surface area contributed by atoms with E-state index < -0.39 is 47.1 Å². The average Bonchev–Trinajstić information content (AvgIpc) is 2.98. The molecule has 168 valence electrons. The minimum absolute atomic E-state index is 0.205. The van der Waals surface area contributed by atoms with Gasteiger partial charge in [-0.1, -0.05) is 0 Å². The van der Waals surface area contributed by atoms with Gasteiger partial charge in [0.15, 0.2) is 13.2 Å². The first-order valence-corrected chi connectivity index (χ1v) is 9.78. The van der Waals surface area contributed by atoms with Gasteiger partial charge in [-0.15, -0.1) is 0 Å². The number of aromatic nitrogens is 2. The number of hydrogen-bond acceptors (Lipinski definition) is 5. The number of benzene rings is 1. The lowest BCUT2D eigenvalue weighted by atomic mass is 10.3. The number of hydrogen-bond donors (Lipinski definition) is 1. The van der Waals surface area contributed by atoms with Crippen LogP contribution in [-0.4, -0.2) is 43.8 Å². The average molecular weight is 461 g/mol. The third kappa shape index (κ3) is 6.71. The first-order valence-electron chi connectivity index (χ1n) is 8.29. The number of halogens is 6. The number of alkyl halides is 6. The molecule has 0 unspecified atom stereocenters. The standard InChI is InChI=1S/C16H17F6N3O4S/c1-3-25-10(2)14(7-23-25)30(26,27)24-11-4-12(28-8-15(17,18)19)6-13(5-11)29-9-16(20,21)22/h4-7,24H,3,8-9H2,1-2H3. The fourth-order valence-corrected chi connectivity index (χ4v) is 3.57. The van der Waals surface area contributed by atoms with Gasteiger partial charge in [-0.3, -0.25) is 9.40 Å². The summed E-state index contributed by atoms with van der Waals surface area (Å²) < 4.78 is 112. The lowest BCUT2D eigenvalue weighted by Gasteiger charge is -2.15. The molecule has 0 aliphatic heterocycles. The number of anilines is 1. The number of sulfonamides is 1. The Morgan fingerprint density at radius 1 is 1.00 bits per heavy atom. The summed E-state index contributed by atoms with van der Waals surface area (Å²) in [6.45, 7) is 0.146. The highest BCUT2D eigenvalue weighted by atomic mass is 32.2. The maximum absolute atomic E-state index is 12.6. The van der Waals surface area contributed by atoms with Gasteiger partial charge in [-0.2, -0.15) is 31.4 Å². The molecular formula is C16H17F6N3O4S.